The summed E-state index contributed by atoms with van der Waals surface area (Å²) < 4.78 is 31.5. The number of hydrogen-bond acceptors (Lipinski definition) is 6. The van der Waals surface area contributed by atoms with Crippen molar-refractivity contribution >= 4 is 28.4 Å². The van der Waals surface area contributed by atoms with Gasteiger partial charge in [0.05, 0.1) is 30.4 Å². The Morgan fingerprint density at radius 1 is 1.35 bits per heavy atom. The van der Waals surface area contributed by atoms with E-state index in [9.17, 15) is 13.6 Å². The van der Waals surface area contributed by atoms with Crippen molar-refractivity contribution in [2.45, 2.75) is 19.4 Å². The lowest BCUT2D eigenvalue weighted by Crippen LogP contribution is -2.28. The van der Waals surface area contributed by atoms with Crippen molar-refractivity contribution in [3.05, 3.63) is 42.5 Å². The van der Waals surface area contributed by atoms with Crippen molar-refractivity contribution in [3.8, 4) is 11.1 Å². The van der Waals surface area contributed by atoms with E-state index in [4.69, 9.17) is 4.74 Å². The van der Waals surface area contributed by atoms with Gasteiger partial charge in [-0.2, -0.15) is 10.1 Å². The van der Waals surface area contributed by atoms with Gasteiger partial charge in [-0.05, 0) is 24.6 Å². The molecule has 0 aliphatic heterocycles. The largest absolute Gasteiger partial charge is 0.383 e. The van der Waals surface area contributed by atoms with Crippen LogP contribution in [0.1, 0.15) is 17.3 Å². The van der Waals surface area contributed by atoms with E-state index < -0.39 is 18.9 Å². The molecule has 9 nitrogen and oxygen atoms in total. The lowest BCUT2D eigenvalue weighted by atomic mass is 10.1. The van der Waals surface area contributed by atoms with E-state index in [1.807, 2.05) is 13.0 Å². The Hall–Kier alpha value is -3.60. The molecule has 162 valence electrons. The molecule has 1 amide bonds. The molecule has 0 fully saturated rings. The second-order valence-electron chi connectivity index (χ2n) is 7.06. The molecule has 1 unspecified atom stereocenters. The summed E-state index contributed by atoms with van der Waals surface area (Å²) in [4.78, 5) is 24.3. The highest BCUT2D eigenvalue weighted by molar-refractivity contribution is 6.02. The molecule has 1 atom stereocenters. The summed E-state index contributed by atoms with van der Waals surface area (Å²) in [6.45, 7) is 1.78. The maximum atomic E-state index is 12.4. The average Bonchev–Trinajstić information content (AvgIpc) is 3.35. The van der Waals surface area contributed by atoms with Crippen molar-refractivity contribution in [1.29, 1.82) is 0 Å². The van der Waals surface area contributed by atoms with Crippen LogP contribution in [-0.2, 0) is 4.74 Å². The lowest BCUT2D eigenvalue weighted by Gasteiger charge is -2.12. The second kappa shape index (κ2) is 8.64. The molecular formula is C20H21F2N7O2. The first-order valence-electron chi connectivity index (χ1n) is 9.60. The number of carbonyl (C=O) groups is 1. The maximum Gasteiger partial charge on any atom is 0.255 e. The smallest absolute Gasteiger partial charge is 0.255 e. The van der Waals surface area contributed by atoms with E-state index in [0.29, 0.717) is 23.7 Å². The van der Waals surface area contributed by atoms with Crippen molar-refractivity contribution in [2.75, 3.05) is 25.6 Å². The fraction of sp³-hybridized carbons (Fsp3) is 0.300. The predicted molar refractivity (Wildman–Crippen MR) is 111 cm³/mol. The SMILES string of the molecule is COCC(C)Nc1ncc2c(-c3ccn4ncc(C(=O)NCC(F)F)c4c3)c[nH]c2n1. The van der Waals surface area contributed by atoms with Crippen molar-refractivity contribution < 1.29 is 18.3 Å². The summed E-state index contributed by atoms with van der Waals surface area (Å²) >= 11 is 0. The van der Waals surface area contributed by atoms with Crippen LogP contribution in [0.25, 0.3) is 27.7 Å². The lowest BCUT2D eigenvalue weighted by molar-refractivity contribution is 0.0893. The molecule has 0 saturated carbocycles. The Balaban J connectivity index is 1.65. The Kier molecular flexibility index (Phi) is 5.76. The number of ether oxygens (including phenoxy) is 1. The average molecular weight is 429 g/mol. The topological polar surface area (TPSA) is 109 Å². The van der Waals surface area contributed by atoms with E-state index in [0.717, 1.165) is 16.5 Å². The normalized spacial score (nSPS) is 12.5. The van der Waals surface area contributed by atoms with Crippen LogP contribution in [0.5, 0.6) is 0 Å². The van der Waals surface area contributed by atoms with Crippen LogP contribution >= 0.6 is 0 Å². The minimum Gasteiger partial charge on any atom is -0.383 e. The monoisotopic (exact) mass is 429 g/mol. The predicted octanol–water partition coefficient (Wildman–Crippen LogP) is 2.71. The summed E-state index contributed by atoms with van der Waals surface area (Å²) in [6.07, 6.45) is 3.96. The van der Waals surface area contributed by atoms with Gasteiger partial charge in [0.15, 0.2) is 0 Å². The van der Waals surface area contributed by atoms with Gasteiger partial charge in [-0.15, -0.1) is 0 Å². The summed E-state index contributed by atoms with van der Waals surface area (Å²) in [5.41, 5.74) is 3.03. The van der Waals surface area contributed by atoms with Crippen LogP contribution < -0.4 is 10.6 Å². The summed E-state index contributed by atoms with van der Waals surface area (Å²) in [5, 5.41) is 10.3. The van der Waals surface area contributed by atoms with Crippen LogP contribution in [0.3, 0.4) is 0 Å². The van der Waals surface area contributed by atoms with E-state index in [1.54, 1.807) is 31.8 Å². The molecule has 11 heteroatoms. The summed E-state index contributed by atoms with van der Waals surface area (Å²) in [6, 6.07) is 3.67. The van der Waals surface area contributed by atoms with Crippen LogP contribution in [0.2, 0.25) is 0 Å². The maximum absolute atomic E-state index is 12.4. The first-order valence-corrected chi connectivity index (χ1v) is 9.60. The molecule has 0 spiro atoms. The third-order valence-corrected chi connectivity index (χ3v) is 4.72. The number of amides is 1. The van der Waals surface area contributed by atoms with Gasteiger partial charge >= 0.3 is 0 Å². The molecule has 0 aliphatic carbocycles. The number of pyridine rings is 1. The fourth-order valence-corrected chi connectivity index (χ4v) is 3.32. The van der Waals surface area contributed by atoms with Crippen LogP contribution in [0, 0.1) is 0 Å². The molecule has 4 rings (SSSR count). The van der Waals surface area contributed by atoms with E-state index >= 15 is 0 Å². The number of aromatic amines is 1. The number of nitrogens with zero attached hydrogens (tertiary/aromatic N) is 4. The van der Waals surface area contributed by atoms with E-state index in [2.05, 4.69) is 30.7 Å². The second-order valence-corrected chi connectivity index (χ2v) is 7.06. The Labute approximate surface area is 175 Å². The molecule has 0 aliphatic rings. The molecule has 4 heterocycles. The number of alkyl halides is 2. The molecule has 0 aromatic carbocycles. The fourth-order valence-electron chi connectivity index (χ4n) is 3.32. The minimum absolute atomic E-state index is 0.0517. The summed E-state index contributed by atoms with van der Waals surface area (Å²) in [5.74, 6) is -0.120. The third kappa shape index (κ3) is 4.31. The third-order valence-electron chi connectivity index (χ3n) is 4.72. The van der Waals surface area contributed by atoms with Crippen LogP contribution in [0.4, 0.5) is 14.7 Å². The van der Waals surface area contributed by atoms with E-state index in [-0.39, 0.29) is 11.6 Å². The highest BCUT2D eigenvalue weighted by atomic mass is 19.3. The molecule has 3 N–H and O–H groups in total. The van der Waals surface area contributed by atoms with Crippen molar-refractivity contribution in [3.63, 3.8) is 0 Å². The number of methoxy groups -OCH3 is 1. The zero-order valence-corrected chi connectivity index (χ0v) is 16.9. The Morgan fingerprint density at radius 2 is 2.19 bits per heavy atom. The number of halogens is 2. The van der Waals surface area contributed by atoms with E-state index in [1.165, 1.54) is 10.7 Å². The quantitative estimate of drug-likeness (QED) is 0.397. The number of carbonyl (C=O) groups excluding carboxylic acids is 1. The molecule has 31 heavy (non-hydrogen) atoms. The van der Waals surface area contributed by atoms with Gasteiger partial charge in [-0.3, -0.25) is 4.79 Å². The zero-order chi connectivity index (χ0) is 22.0. The molecule has 0 saturated heterocycles. The molecule has 4 aromatic rings. The Bertz CT molecular complexity index is 1220. The number of anilines is 1. The Morgan fingerprint density at radius 3 is 2.97 bits per heavy atom. The number of H-pyrrole nitrogens is 1. The number of nitrogens with one attached hydrogen (secondary N) is 3. The van der Waals surface area contributed by atoms with Gasteiger partial charge in [-0.25, -0.2) is 18.3 Å². The number of fused-ring (bicyclic) bond motifs is 2. The number of hydrogen-bond donors (Lipinski definition) is 3. The van der Waals surface area contributed by atoms with Crippen molar-refractivity contribution in [2.24, 2.45) is 0 Å². The molecule has 4 aromatic heterocycles. The zero-order valence-electron chi connectivity index (χ0n) is 16.9. The van der Waals surface area contributed by atoms with Gasteiger partial charge < -0.3 is 20.4 Å². The minimum atomic E-state index is -2.62. The summed E-state index contributed by atoms with van der Waals surface area (Å²) in [7, 11) is 1.63. The van der Waals surface area contributed by atoms with Gasteiger partial charge in [0, 0.05) is 42.7 Å². The van der Waals surface area contributed by atoms with Gasteiger partial charge in [0.2, 0.25) is 5.95 Å². The van der Waals surface area contributed by atoms with Crippen LogP contribution in [0.15, 0.2) is 36.9 Å². The number of aromatic nitrogens is 5. The first kappa shape index (κ1) is 20.7. The van der Waals surface area contributed by atoms with Gasteiger partial charge in [0.25, 0.3) is 12.3 Å². The molecular weight excluding hydrogens is 408 g/mol. The van der Waals surface area contributed by atoms with Crippen molar-refractivity contribution in [1.82, 2.24) is 29.9 Å². The molecule has 0 bridgehead atoms. The van der Waals surface area contributed by atoms with Gasteiger partial charge in [-0.1, -0.05) is 0 Å². The standard InChI is InChI=1S/C20H21F2N7O2/c1-11(10-31-2)27-20-25-7-14-13(6-23-18(14)28-20)12-3-4-29-16(5-12)15(8-26-29)19(30)24-9-17(21)22/h3-8,11,17H,9-10H2,1-2H3,(H,24,30)(H2,23,25,27,28). The van der Waals surface area contributed by atoms with Crippen LogP contribution in [-0.4, -0.2) is 63.2 Å². The highest BCUT2D eigenvalue weighted by Gasteiger charge is 2.16. The highest BCUT2D eigenvalue weighted by Crippen LogP contribution is 2.29. The molecule has 0 radical (unpaired) electrons. The van der Waals surface area contributed by atoms with Gasteiger partial charge in [0.1, 0.15) is 5.65 Å². The number of rotatable bonds is 8. The first-order chi connectivity index (χ1) is 15.0.